The molecule has 9 nitrogen and oxygen atoms in total. The molecule has 10 heteroatoms. The molecule has 1 aromatic heterocycles. The Kier molecular flexibility index (Phi) is 5.38. The Bertz CT molecular complexity index is 1270. The molecule has 0 unspecified atom stereocenters. The van der Waals surface area contributed by atoms with E-state index in [0.29, 0.717) is 11.3 Å². The summed E-state index contributed by atoms with van der Waals surface area (Å²) in [5.74, 6) is -1.79. The Morgan fingerprint density at radius 2 is 1.65 bits per heavy atom. The van der Waals surface area contributed by atoms with Gasteiger partial charge in [0.1, 0.15) is 24.4 Å². The molecule has 3 amide bonds. The minimum Gasteiger partial charge on any atom is -0.495 e. The van der Waals surface area contributed by atoms with Crippen molar-refractivity contribution in [3.05, 3.63) is 58.4 Å². The number of hydrogen-bond acceptors (Lipinski definition) is 7. The number of carbonyl (C=O) groups is 4. The zero-order valence-electron chi connectivity index (χ0n) is 16.7. The highest BCUT2D eigenvalue weighted by atomic mass is 32.1. The Labute approximate surface area is 180 Å². The summed E-state index contributed by atoms with van der Waals surface area (Å²) in [6.07, 6.45) is 0. The highest BCUT2D eigenvalue weighted by molar-refractivity contribution is 7.16. The summed E-state index contributed by atoms with van der Waals surface area (Å²) in [6.45, 7) is -0.689. The third-order valence-corrected chi connectivity index (χ3v) is 5.83. The molecule has 158 valence electrons. The summed E-state index contributed by atoms with van der Waals surface area (Å²) >= 11 is 1.18. The zero-order valence-corrected chi connectivity index (χ0v) is 17.5. The molecule has 0 saturated heterocycles. The van der Waals surface area contributed by atoms with Gasteiger partial charge < -0.3 is 14.0 Å². The maximum atomic E-state index is 12.7. The molecule has 0 spiro atoms. The SMILES string of the molecule is COC(=O)Cn1c(=NC(=O)CN2C(=O)c3ccccc3C2=O)sc2cccc(OC)c21. The van der Waals surface area contributed by atoms with Gasteiger partial charge in [-0.05, 0) is 24.3 Å². The number of imide groups is 1. The largest absolute Gasteiger partial charge is 0.495 e. The molecule has 1 aliphatic rings. The van der Waals surface area contributed by atoms with Gasteiger partial charge in [0.25, 0.3) is 17.7 Å². The molecule has 0 N–H and O–H groups in total. The van der Waals surface area contributed by atoms with Crippen LogP contribution in [0.15, 0.2) is 47.5 Å². The lowest BCUT2D eigenvalue weighted by Gasteiger charge is -2.10. The fourth-order valence-corrected chi connectivity index (χ4v) is 4.41. The molecular formula is C21H17N3O6S. The van der Waals surface area contributed by atoms with Crippen LogP contribution in [0.5, 0.6) is 5.75 Å². The summed E-state index contributed by atoms with van der Waals surface area (Å²) in [4.78, 5) is 54.8. The number of aromatic nitrogens is 1. The number of amides is 3. The van der Waals surface area contributed by atoms with E-state index in [1.807, 2.05) is 6.07 Å². The second-order valence-electron chi connectivity index (χ2n) is 6.60. The fraction of sp³-hybridized carbons (Fsp3) is 0.190. The molecular weight excluding hydrogens is 422 g/mol. The average molecular weight is 439 g/mol. The maximum absolute atomic E-state index is 12.7. The molecule has 4 rings (SSSR count). The second kappa shape index (κ2) is 8.15. The van der Waals surface area contributed by atoms with Gasteiger partial charge in [-0.1, -0.05) is 29.5 Å². The molecule has 1 aliphatic heterocycles. The molecule has 0 saturated carbocycles. The lowest BCUT2D eigenvalue weighted by atomic mass is 10.1. The van der Waals surface area contributed by atoms with Crippen LogP contribution in [0.1, 0.15) is 20.7 Å². The number of esters is 1. The van der Waals surface area contributed by atoms with Gasteiger partial charge in [0, 0.05) is 0 Å². The van der Waals surface area contributed by atoms with Crippen LogP contribution in [0.2, 0.25) is 0 Å². The molecule has 0 atom stereocenters. The first-order valence-electron chi connectivity index (χ1n) is 9.20. The van der Waals surface area contributed by atoms with E-state index in [4.69, 9.17) is 9.47 Å². The van der Waals surface area contributed by atoms with Crippen molar-refractivity contribution in [1.29, 1.82) is 0 Å². The summed E-state index contributed by atoms with van der Waals surface area (Å²) < 4.78 is 12.4. The first-order chi connectivity index (χ1) is 14.9. The van der Waals surface area contributed by atoms with Crippen LogP contribution in [-0.4, -0.2) is 53.9 Å². The molecule has 0 bridgehead atoms. The predicted octanol–water partition coefficient (Wildman–Crippen LogP) is 1.61. The lowest BCUT2D eigenvalue weighted by Crippen LogP contribution is -2.35. The topological polar surface area (TPSA) is 107 Å². The molecule has 2 heterocycles. The van der Waals surface area contributed by atoms with Crippen molar-refractivity contribution >= 4 is 45.2 Å². The van der Waals surface area contributed by atoms with Gasteiger partial charge in [-0.2, -0.15) is 4.99 Å². The van der Waals surface area contributed by atoms with Crippen molar-refractivity contribution < 1.29 is 28.7 Å². The monoisotopic (exact) mass is 439 g/mol. The molecule has 3 aromatic rings. The lowest BCUT2D eigenvalue weighted by molar-refractivity contribution is -0.141. The number of methoxy groups -OCH3 is 2. The van der Waals surface area contributed by atoms with E-state index < -0.39 is 30.2 Å². The number of fused-ring (bicyclic) bond motifs is 2. The Balaban J connectivity index is 1.71. The van der Waals surface area contributed by atoms with Gasteiger partial charge in [-0.25, -0.2) is 0 Å². The Morgan fingerprint density at radius 1 is 0.968 bits per heavy atom. The van der Waals surface area contributed by atoms with Crippen molar-refractivity contribution in [1.82, 2.24) is 9.47 Å². The molecule has 2 aromatic carbocycles. The third-order valence-electron chi connectivity index (χ3n) is 4.79. The third kappa shape index (κ3) is 3.61. The van der Waals surface area contributed by atoms with Crippen LogP contribution in [0.25, 0.3) is 10.2 Å². The van der Waals surface area contributed by atoms with Crippen molar-refractivity contribution in [3.8, 4) is 5.75 Å². The van der Waals surface area contributed by atoms with Crippen molar-refractivity contribution in [2.75, 3.05) is 20.8 Å². The number of ether oxygens (including phenoxy) is 2. The zero-order chi connectivity index (χ0) is 22.1. The first-order valence-corrected chi connectivity index (χ1v) is 10.0. The number of benzene rings is 2. The maximum Gasteiger partial charge on any atom is 0.325 e. The second-order valence-corrected chi connectivity index (χ2v) is 7.61. The predicted molar refractivity (Wildman–Crippen MR) is 111 cm³/mol. The van der Waals surface area contributed by atoms with E-state index in [-0.39, 0.29) is 22.5 Å². The number of carbonyl (C=O) groups excluding carboxylic acids is 4. The molecule has 0 aliphatic carbocycles. The van der Waals surface area contributed by atoms with Gasteiger partial charge in [0.2, 0.25) is 0 Å². The Hall–Kier alpha value is -3.79. The normalized spacial score (nSPS) is 13.6. The van der Waals surface area contributed by atoms with E-state index in [0.717, 1.165) is 9.60 Å². The van der Waals surface area contributed by atoms with Crippen LogP contribution in [-0.2, 0) is 20.9 Å². The van der Waals surface area contributed by atoms with Crippen molar-refractivity contribution in [2.45, 2.75) is 6.54 Å². The minimum atomic E-state index is -0.696. The Morgan fingerprint density at radius 3 is 2.26 bits per heavy atom. The van der Waals surface area contributed by atoms with E-state index in [9.17, 15) is 19.2 Å². The van der Waals surface area contributed by atoms with Crippen LogP contribution < -0.4 is 9.54 Å². The molecule has 0 radical (unpaired) electrons. The minimum absolute atomic E-state index is 0.185. The average Bonchev–Trinajstić information content (AvgIpc) is 3.23. The van der Waals surface area contributed by atoms with E-state index >= 15 is 0 Å². The van der Waals surface area contributed by atoms with Crippen LogP contribution in [0.4, 0.5) is 0 Å². The van der Waals surface area contributed by atoms with Gasteiger partial charge in [0.05, 0.1) is 30.0 Å². The van der Waals surface area contributed by atoms with Gasteiger partial charge >= 0.3 is 5.97 Å². The van der Waals surface area contributed by atoms with E-state index in [2.05, 4.69) is 4.99 Å². The van der Waals surface area contributed by atoms with Crippen molar-refractivity contribution in [2.24, 2.45) is 4.99 Å². The smallest absolute Gasteiger partial charge is 0.325 e. The number of nitrogens with zero attached hydrogens (tertiary/aromatic N) is 3. The van der Waals surface area contributed by atoms with E-state index in [1.54, 1.807) is 36.4 Å². The summed E-state index contributed by atoms with van der Waals surface area (Å²) in [5.41, 5.74) is 1.10. The summed E-state index contributed by atoms with van der Waals surface area (Å²) in [5, 5.41) is 0. The summed E-state index contributed by atoms with van der Waals surface area (Å²) in [7, 11) is 2.76. The van der Waals surface area contributed by atoms with Gasteiger partial charge in [-0.15, -0.1) is 0 Å². The number of rotatable bonds is 5. The number of hydrogen-bond donors (Lipinski definition) is 0. The van der Waals surface area contributed by atoms with Gasteiger partial charge in [0.15, 0.2) is 4.80 Å². The van der Waals surface area contributed by atoms with Crippen LogP contribution in [0, 0.1) is 0 Å². The van der Waals surface area contributed by atoms with E-state index in [1.165, 1.54) is 30.1 Å². The van der Waals surface area contributed by atoms with Crippen LogP contribution >= 0.6 is 11.3 Å². The molecule has 0 fully saturated rings. The van der Waals surface area contributed by atoms with Crippen molar-refractivity contribution in [3.63, 3.8) is 0 Å². The van der Waals surface area contributed by atoms with Crippen LogP contribution in [0.3, 0.4) is 0 Å². The standard InChI is InChI=1S/C21H17N3O6S/c1-29-14-8-5-9-15-18(14)23(11-17(26)30-2)21(31-15)22-16(25)10-24-19(27)12-6-3-4-7-13(12)20(24)28/h3-9H,10-11H2,1-2H3. The highest BCUT2D eigenvalue weighted by Crippen LogP contribution is 2.27. The first kappa shape index (κ1) is 20.5. The number of thiazole rings is 1. The summed E-state index contributed by atoms with van der Waals surface area (Å²) in [6, 6.07) is 11.7. The highest BCUT2D eigenvalue weighted by Gasteiger charge is 2.36. The molecule has 31 heavy (non-hydrogen) atoms. The quantitative estimate of drug-likeness (QED) is 0.442. The van der Waals surface area contributed by atoms with Gasteiger partial charge in [-0.3, -0.25) is 24.1 Å². The number of para-hydroxylation sites is 1. The fourth-order valence-electron chi connectivity index (χ4n) is 3.35.